The minimum absolute atomic E-state index is 0.0503. The van der Waals surface area contributed by atoms with E-state index in [2.05, 4.69) is 21.3 Å². The predicted molar refractivity (Wildman–Crippen MR) is 168 cm³/mol. The fourth-order valence-corrected chi connectivity index (χ4v) is 5.72. The molecule has 10 heteroatoms. The van der Waals surface area contributed by atoms with E-state index in [-0.39, 0.29) is 24.9 Å². The molecule has 1 aliphatic carbocycles. The molecule has 0 spiro atoms. The Labute approximate surface area is 263 Å². The molecule has 1 saturated heterocycles. The summed E-state index contributed by atoms with van der Waals surface area (Å²) in [5.41, 5.74) is 1.65. The zero-order chi connectivity index (χ0) is 31.4. The van der Waals surface area contributed by atoms with E-state index in [0.717, 1.165) is 43.2 Å². The summed E-state index contributed by atoms with van der Waals surface area (Å²) < 4.78 is 11.3. The normalized spacial score (nSPS) is 19.2. The van der Waals surface area contributed by atoms with Crippen LogP contribution in [0.2, 0.25) is 0 Å². The highest BCUT2D eigenvalue weighted by atomic mass is 16.5. The molecule has 0 aromatic heterocycles. The van der Waals surface area contributed by atoms with Crippen molar-refractivity contribution in [3.8, 4) is 5.75 Å². The van der Waals surface area contributed by atoms with E-state index >= 15 is 0 Å². The van der Waals surface area contributed by atoms with Gasteiger partial charge in [0, 0.05) is 6.42 Å². The van der Waals surface area contributed by atoms with Crippen molar-refractivity contribution in [1.82, 2.24) is 21.3 Å². The molecule has 1 heterocycles. The molecule has 5 rings (SSSR count). The van der Waals surface area contributed by atoms with Gasteiger partial charge in [-0.25, -0.2) is 4.79 Å². The van der Waals surface area contributed by atoms with Gasteiger partial charge < -0.3 is 30.7 Å². The van der Waals surface area contributed by atoms with Crippen molar-refractivity contribution in [3.63, 3.8) is 0 Å². The van der Waals surface area contributed by atoms with Crippen molar-refractivity contribution in [2.75, 3.05) is 0 Å². The van der Waals surface area contributed by atoms with Crippen LogP contribution in [-0.4, -0.2) is 48.2 Å². The molecule has 4 unspecified atom stereocenters. The minimum Gasteiger partial charge on any atom is -0.468 e. The number of β-lactam (4-membered cyclic amide) rings is 1. The number of nitrogens with one attached hydrogen (secondary N) is 4. The Morgan fingerprint density at radius 2 is 1.38 bits per heavy atom. The highest BCUT2D eigenvalue weighted by molar-refractivity contribution is 5.96. The third-order valence-electron chi connectivity index (χ3n) is 8.20. The number of carbonyl (C=O) groups excluding carboxylic acids is 4. The van der Waals surface area contributed by atoms with Gasteiger partial charge in [0.1, 0.15) is 24.4 Å². The number of hydrogen-bond donors (Lipinski definition) is 4. The molecule has 3 aromatic rings. The quantitative estimate of drug-likeness (QED) is 0.216. The van der Waals surface area contributed by atoms with E-state index in [1.165, 1.54) is 0 Å². The Morgan fingerprint density at radius 1 is 0.756 bits per heavy atom. The molecular weight excluding hydrogens is 572 g/mol. The van der Waals surface area contributed by atoms with Crippen LogP contribution in [0.5, 0.6) is 5.75 Å². The Morgan fingerprint density at radius 3 is 2.02 bits per heavy atom. The van der Waals surface area contributed by atoms with Gasteiger partial charge >= 0.3 is 6.09 Å². The molecule has 1 saturated carbocycles. The van der Waals surface area contributed by atoms with E-state index in [0.29, 0.717) is 12.2 Å². The molecule has 0 bridgehead atoms. The first kappa shape index (κ1) is 31.6. The van der Waals surface area contributed by atoms with Gasteiger partial charge in [0.15, 0.2) is 6.04 Å². The summed E-state index contributed by atoms with van der Waals surface area (Å²) in [5.74, 6) is -0.542. The minimum atomic E-state index is -1.00. The Kier molecular flexibility index (Phi) is 11.0. The Hall–Kier alpha value is -4.86. The second-order valence-corrected chi connectivity index (χ2v) is 11.6. The first-order valence-corrected chi connectivity index (χ1v) is 15.6. The number of ether oxygens (including phenoxy) is 2. The first-order valence-electron chi connectivity index (χ1n) is 15.6. The summed E-state index contributed by atoms with van der Waals surface area (Å²) in [6.07, 6.45) is 4.34. The van der Waals surface area contributed by atoms with Crippen molar-refractivity contribution in [1.29, 1.82) is 0 Å². The second-order valence-electron chi connectivity index (χ2n) is 11.6. The third-order valence-corrected chi connectivity index (χ3v) is 8.20. The molecule has 4 N–H and O–H groups in total. The van der Waals surface area contributed by atoms with Crippen LogP contribution in [0.25, 0.3) is 0 Å². The highest BCUT2D eigenvalue weighted by Crippen LogP contribution is 2.28. The maximum Gasteiger partial charge on any atom is 0.408 e. The SMILES string of the molecule is O=C(NC(Cc1ccccc1)C(=O)NC(CC1CCCCC1)C(=O)NC1C(=O)NC1Oc1ccccc1)OCc1ccccc1. The van der Waals surface area contributed by atoms with Gasteiger partial charge in [0.05, 0.1) is 0 Å². The fourth-order valence-electron chi connectivity index (χ4n) is 5.72. The van der Waals surface area contributed by atoms with Gasteiger partial charge in [-0.15, -0.1) is 0 Å². The van der Waals surface area contributed by atoms with E-state index in [4.69, 9.17) is 9.47 Å². The van der Waals surface area contributed by atoms with Crippen LogP contribution in [0.3, 0.4) is 0 Å². The van der Waals surface area contributed by atoms with Crippen LogP contribution in [0.1, 0.15) is 49.7 Å². The van der Waals surface area contributed by atoms with E-state index in [1.807, 2.05) is 78.9 Å². The van der Waals surface area contributed by atoms with Crippen LogP contribution < -0.4 is 26.0 Å². The standard InChI is InChI=1S/C35H40N4O6/c40-31(29(22-25-15-7-2-8-16-25)37-35(43)44-23-26-17-9-3-10-18-26)36-28(21-24-13-5-1-6-14-24)32(41)38-30-33(42)39-34(30)45-27-19-11-4-12-20-27/h2-4,7-12,15-20,24,28-30,34H,1,5-6,13-14,21-23H2,(H,36,40)(H,37,43)(H,38,41)(H,39,42). The molecule has 4 atom stereocenters. The maximum absolute atomic E-state index is 13.8. The van der Waals surface area contributed by atoms with E-state index in [9.17, 15) is 19.2 Å². The number of hydrogen-bond acceptors (Lipinski definition) is 6. The third kappa shape index (κ3) is 9.31. The average molecular weight is 613 g/mol. The summed E-state index contributed by atoms with van der Waals surface area (Å²) in [6, 6.07) is 24.8. The highest BCUT2D eigenvalue weighted by Gasteiger charge is 2.44. The molecule has 4 amide bonds. The average Bonchev–Trinajstić information content (AvgIpc) is 3.07. The number of benzene rings is 3. The van der Waals surface area contributed by atoms with Gasteiger partial charge in [-0.2, -0.15) is 0 Å². The molecule has 236 valence electrons. The van der Waals surface area contributed by atoms with Crippen LogP contribution >= 0.6 is 0 Å². The summed E-state index contributed by atoms with van der Waals surface area (Å²) in [5, 5.41) is 11.1. The summed E-state index contributed by atoms with van der Waals surface area (Å²) in [4.78, 5) is 52.7. The van der Waals surface area contributed by atoms with Crippen molar-refractivity contribution in [3.05, 3.63) is 102 Å². The zero-order valence-electron chi connectivity index (χ0n) is 25.2. The van der Waals surface area contributed by atoms with Gasteiger partial charge in [-0.1, -0.05) is 111 Å². The zero-order valence-corrected chi connectivity index (χ0v) is 25.2. The lowest BCUT2D eigenvalue weighted by Gasteiger charge is -2.37. The topological polar surface area (TPSA) is 135 Å². The van der Waals surface area contributed by atoms with Crippen LogP contribution in [0.4, 0.5) is 4.79 Å². The largest absolute Gasteiger partial charge is 0.468 e. The smallest absolute Gasteiger partial charge is 0.408 e. The number of amides is 4. The van der Waals surface area contributed by atoms with E-state index in [1.54, 1.807) is 12.1 Å². The summed E-state index contributed by atoms with van der Waals surface area (Å²) in [6.45, 7) is 0.0503. The van der Waals surface area contributed by atoms with Gasteiger partial charge in [-0.05, 0) is 35.6 Å². The van der Waals surface area contributed by atoms with Crippen LogP contribution in [-0.2, 0) is 32.1 Å². The van der Waals surface area contributed by atoms with E-state index < -0.39 is 42.3 Å². The summed E-state index contributed by atoms with van der Waals surface area (Å²) >= 11 is 0. The van der Waals surface area contributed by atoms with Crippen molar-refractivity contribution >= 4 is 23.8 Å². The van der Waals surface area contributed by atoms with Crippen molar-refractivity contribution < 1.29 is 28.7 Å². The molecule has 3 aromatic carbocycles. The number of rotatable bonds is 13. The van der Waals surface area contributed by atoms with Crippen LogP contribution in [0, 0.1) is 5.92 Å². The van der Waals surface area contributed by atoms with Crippen molar-refractivity contribution in [2.24, 2.45) is 5.92 Å². The van der Waals surface area contributed by atoms with Crippen molar-refractivity contribution in [2.45, 2.75) is 75.9 Å². The fraction of sp³-hybridized carbons (Fsp3) is 0.371. The Balaban J connectivity index is 1.27. The number of alkyl carbamates (subject to hydrolysis) is 1. The molecule has 2 aliphatic rings. The monoisotopic (exact) mass is 612 g/mol. The molecule has 2 fully saturated rings. The Bertz CT molecular complexity index is 1420. The molecule has 0 radical (unpaired) electrons. The number of para-hydroxylation sites is 1. The molecule has 1 aliphatic heterocycles. The lowest BCUT2D eigenvalue weighted by molar-refractivity contribution is -0.144. The van der Waals surface area contributed by atoms with Crippen LogP contribution in [0.15, 0.2) is 91.0 Å². The maximum atomic E-state index is 13.8. The molecule has 45 heavy (non-hydrogen) atoms. The summed E-state index contributed by atoms with van der Waals surface area (Å²) in [7, 11) is 0. The lowest BCUT2D eigenvalue weighted by atomic mass is 9.84. The van der Waals surface area contributed by atoms with Gasteiger partial charge in [0.2, 0.25) is 18.0 Å². The van der Waals surface area contributed by atoms with Gasteiger partial charge in [0.25, 0.3) is 5.91 Å². The first-order chi connectivity index (χ1) is 21.9. The van der Waals surface area contributed by atoms with Gasteiger partial charge in [-0.3, -0.25) is 14.4 Å². The second kappa shape index (κ2) is 15.7. The molecular formula is C35H40N4O6. The molecule has 10 nitrogen and oxygen atoms in total. The predicted octanol–water partition coefficient (Wildman–Crippen LogP) is 4.00. The number of carbonyl (C=O) groups is 4. The lowest BCUT2D eigenvalue weighted by Crippen LogP contribution is -2.72.